The first-order valence-corrected chi connectivity index (χ1v) is 15.1. The topological polar surface area (TPSA) is 177 Å². The lowest BCUT2D eigenvalue weighted by atomic mass is 10.00. The largest absolute Gasteiger partial charge is 0.397 e. The zero-order valence-corrected chi connectivity index (χ0v) is 24.6. The lowest BCUT2D eigenvalue weighted by Gasteiger charge is -2.11. The van der Waals surface area contributed by atoms with Crippen LogP contribution in [0.4, 0.5) is 11.4 Å². The van der Waals surface area contributed by atoms with Crippen molar-refractivity contribution in [1.82, 2.24) is 15.0 Å². The molecule has 0 unspecified atom stereocenters. The monoisotopic (exact) mass is 613 g/mol. The Morgan fingerprint density at radius 2 is 0.932 bits per heavy atom. The molecule has 7 rings (SSSR count). The number of carbonyl (C=O) groups excluding carboxylic acids is 2. The van der Waals surface area contributed by atoms with Crippen LogP contribution in [0.25, 0.3) is 65.5 Å². The fourth-order valence-corrected chi connectivity index (χ4v) is 7.23. The third-order valence-corrected chi connectivity index (χ3v) is 9.52. The van der Waals surface area contributed by atoms with E-state index in [0.29, 0.717) is 54.6 Å². The van der Waals surface area contributed by atoms with E-state index in [1.165, 1.54) is 0 Å². The van der Waals surface area contributed by atoms with Gasteiger partial charge in [0.05, 0.1) is 34.2 Å². The molecule has 0 fully saturated rings. The Hall–Kier alpha value is -5.65. The molecule has 0 saturated heterocycles. The SMILES string of the molecule is NC(=O)c1sc2nc(-c3cccc(-c4cc(-c5ccccc5)c5c(N)c(C(N)=O)sc5n4)n3)cc(-c3ccccc3)c2c1N. The summed E-state index contributed by atoms with van der Waals surface area (Å²) in [6.07, 6.45) is 0. The number of primary amides is 2. The van der Waals surface area contributed by atoms with Crippen LogP contribution in [-0.2, 0) is 0 Å². The van der Waals surface area contributed by atoms with Gasteiger partial charge in [0.1, 0.15) is 19.4 Å². The molecular formula is C33H23N7O2S2. The summed E-state index contributed by atoms with van der Waals surface area (Å²) >= 11 is 2.32. The van der Waals surface area contributed by atoms with E-state index < -0.39 is 11.8 Å². The summed E-state index contributed by atoms with van der Waals surface area (Å²) in [5, 5.41) is 1.35. The van der Waals surface area contributed by atoms with Gasteiger partial charge in [-0.2, -0.15) is 0 Å². The summed E-state index contributed by atoms with van der Waals surface area (Å²) < 4.78 is 0. The highest BCUT2D eigenvalue weighted by molar-refractivity contribution is 7.21. The predicted molar refractivity (Wildman–Crippen MR) is 178 cm³/mol. The van der Waals surface area contributed by atoms with Crippen LogP contribution in [0.2, 0.25) is 0 Å². The molecule has 7 aromatic rings. The number of fused-ring (bicyclic) bond motifs is 2. The number of carbonyl (C=O) groups is 2. The van der Waals surface area contributed by atoms with Gasteiger partial charge in [0, 0.05) is 10.8 Å². The third-order valence-electron chi connectivity index (χ3n) is 7.29. The van der Waals surface area contributed by atoms with Crippen molar-refractivity contribution in [3.63, 3.8) is 0 Å². The molecule has 44 heavy (non-hydrogen) atoms. The van der Waals surface area contributed by atoms with Crippen LogP contribution in [0.3, 0.4) is 0 Å². The molecule has 214 valence electrons. The summed E-state index contributed by atoms with van der Waals surface area (Å²) in [4.78, 5) is 40.7. The number of hydrogen-bond donors (Lipinski definition) is 4. The Balaban J connectivity index is 1.43. The summed E-state index contributed by atoms with van der Waals surface area (Å²) in [7, 11) is 0. The van der Waals surface area contributed by atoms with Gasteiger partial charge in [0.2, 0.25) is 0 Å². The number of benzene rings is 2. The number of pyridine rings is 3. The van der Waals surface area contributed by atoms with Crippen molar-refractivity contribution in [2.75, 3.05) is 11.5 Å². The fourth-order valence-electron chi connectivity index (χ4n) is 5.28. The van der Waals surface area contributed by atoms with Gasteiger partial charge < -0.3 is 22.9 Å². The molecule has 0 aliphatic heterocycles. The Bertz CT molecular complexity index is 2110. The molecular weight excluding hydrogens is 591 g/mol. The maximum atomic E-state index is 12.2. The van der Waals surface area contributed by atoms with Gasteiger partial charge in [-0.1, -0.05) is 66.7 Å². The highest BCUT2D eigenvalue weighted by Crippen LogP contribution is 2.43. The van der Waals surface area contributed by atoms with E-state index in [0.717, 1.165) is 44.9 Å². The van der Waals surface area contributed by atoms with E-state index >= 15 is 0 Å². The molecule has 0 radical (unpaired) electrons. The molecule has 0 saturated carbocycles. The second kappa shape index (κ2) is 10.6. The van der Waals surface area contributed by atoms with E-state index in [1.807, 2.05) is 91.0 Å². The fraction of sp³-hybridized carbons (Fsp3) is 0. The smallest absolute Gasteiger partial charge is 0.260 e. The van der Waals surface area contributed by atoms with E-state index in [9.17, 15) is 9.59 Å². The maximum absolute atomic E-state index is 12.2. The Morgan fingerprint density at radius 1 is 0.523 bits per heavy atom. The molecule has 0 aliphatic carbocycles. The second-order valence-corrected chi connectivity index (χ2v) is 12.0. The molecule has 2 aromatic carbocycles. The molecule has 2 amide bonds. The number of thiophene rings is 2. The molecule has 0 atom stereocenters. The average Bonchev–Trinajstić information content (AvgIpc) is 3.57. The summed E-state index contributed by atoms with van der Waals surface area (Å²) in [5.74, 6) is -1.20. The molecule has 8 N–H and O–H groups in total. The van der Waals surface area contributed by atoms with Gasteiger partial charge in [-0.25, -0.2) is 15.0 Å². The maximum Gasteiger partial charge on any atom is 0.260 e. The average molecular weight is 614 g/mol. The summed E-state index contributed by atoms with van der Waals surface area (Å²) in [6, 6.07) is 28.9. The summed E-state index contributed by atoms with van der Waals surface area (Å²) in [6.45, 7) is 0. The lowest BCUT2D eigenvalue weighted by Crippen LogP contribution is -2.10. The molecule has 5 aromatic heterocycles. The van der Waals surface area contributed by atoms with E-state index in [4.69, 9.17) is 37.9 Å². The normalized spacial score (nSPS) is 11.3. The standard InChI is InChI=1S/C33H23N7O2S2/c34-26-24-18(16-8-3-1-4-9-16)14-22(39-32(24)43-28(26)30(36)41)20-12-7-13-21(38-20)23-15-19(17-10-5-2-6-11-17)25-27(35)29(31(37)42)44-33(25)40-23/h1-15H,34-35H2,(H2,36,41)(H2,37,42). The van der Waals surface area contributed by atoms with E-state index in [-0.39, 0.29) is 9.75 Å². The van der Waals surface area contributed by atoms with Gasteiger partial charge >= 0.3 is 0 Å². The van der Waals surface area contributed by atoms with Crippen molar-refractivity contribution in [2.24, 2.45) is 11.5 Å². The first-order valence-electron chi connectivity index (χ1n) is 13.4. The number of nitrogens with two attached hydrogens (primary N) is 4. The number of amides is 2. The number of nitrogens with zero attached hydrogens (tertiary/aromatic N) is 3. The highest BCUT2D eigenvalue weighted by Gasteiger charge is 2.22. The second-order valence-electron chi connectivity index (χ2n) is 10.0. The van der Waals surface area contributed by atoms with E-state index in [2.05, 4.69) is 0 Å². The molecule has 5 heterocycles. The number of nitrogen functional groups attached to an aromatic ring is 2. The van der Waals surface area contributed by atoms with Crippen LogP contribution in [-0.4, -0.2) is 26.8 Å². The van der Waals surface area contributed by atoms with Crippen molar-refractivity contribution in [3.05, 3.63) is 101 Å². The van der Waals surface area contributed by atoms with Crippen LogP contribution in [0.5, 0.6) is 0 Å². The van der Waals surface area contributed by atoms with Crippen LogP contribution in [0.15, 0.2) is 91.0 Å². The van der Waals surface area contributed by atoms with Gasteiger partial charge in [-0.15, -0.1) is 22.7 Å². The first kappa shape index (κ1) is 27.2. The first-order chi connectivity index (χ1) is 21.3. The zero-order valence-electron chi connectivity index (χ0n) is 22.9. The number of rotatable bonds is 6. The lowest BCUT2D eigenvalue weighted by molar-refractivity contribution is 0.0996. The molecule has 0 spiro atoms. The minimum atomic E-state index is -0.601. The minimum absolute atomic E-state index is 0.264. The molecule has 0 bridgehead atoms. The van der Waals surface area contributed by atoms with Crippen LogP contribution in [0, 0.1) is 0 Å². The van der Waals surface area contributed by atoms with Gasteiger partial charge in [0.25, 0.3) is 11.8 Å². The van der Waals surface area contributed by atoms with Crippen molar-refractivity contribution in [3.8, 4) is 45.0 Å². The Labute approximate surface area is 258 Å². The number of anilines is 2. The van der Waals surface area contributed by atoms with Crippen molar-refractivity contribution >= 4 is 66.3 Å². The predicted octanol–water partition coefficient (Wildman–Crippen LogP) is 6.33. The molecule has 11 heteroatoms. The van der Waals surface area contributed by atoms with Crippen LogP contribution < -0.4 is 22.9 Å². The quantitative estimate of drug-likeness (QED) is 0.169. The Kier molecular flexibility index (Phi) is 6.53. The minimum Gasteiger partial charge on any atom is -0.397 e. The van der Waals surface area contributed by atoms with E-state index in [1.54, 1.807) is 0 Å². The third kappa shape index (κ3) is 4.51. The number of hydrogen-bond acceptors (Lipinski definition) is 9. The molecule has 0 aliphatic rings. The van der Waals surface area contributed by atoms with Gasteiger partial charge in [0.15, 0.2) is 0 Å². The van der Waals surface area contributed by atoms with Crippen molar-refractivity contribution in [1.29, 1.82) is 0 Å². The van der Waals surface area contributed by atoms with Crippen molar-refractivity contribution < 1.29 is 9.59 Å². The number of aromatic nitrogens is 3. The van der Waals surface area contributed by atoms with Gasteiger partial charge in [-0.05, 0) is 46.5 Å². The van der Waals surface area contributed by atoms with Crippen LogP contribution in [0.1, 0.15) is 19.3 Å². The molecule has 9 nitrogen and oxygen atoms in total. The van der Waals surface area contributed by atoms with Gasteiger partial charge in [-0.3, -0.25) is 9.59 Å². The zero-order chi connectivity index (χ0) is 30.5. The van der Waals surface area contributed by atoms with Crippen molar-refractivity contribution in [2.45, 2.75) is 0 Å². The van der Waals surface area contributed by atoms with Crippen LogP contribution >= 0.6 is 22.7 Å². The highest BCUT2D eigenvalue weighted by atomic mass is 32.1. The Morgan fingerprint density at radius 3 is 1.32 bits per heavy atom. The summed E-state index contributed by atoms with van der Waals surface area (Å²) in [5.41, 5.74) is 30.6.